The SMILES string of the molecule is Cc1cccnc1C(=O)c1cccc2c1OCCC2. The Kier molecular flexibility index (Phi) is 3.03. The molecule has 0 spiro atoms. The van der Waals surface area contributed by atoms with Crippen molar-refractivity contribution >= 4 is 5.78 Å². The minimum absolute atomic E-state index is 0.0585. The highest BCUT2D eigenvalue weighted by Crippen LogP contribution is 2.30. The lowest BCUT2D eigenvalue weighted by Gasteiger charge is -2.19. The summed E-state index contributed by atoms with van der Waals surface area (Å²) in [5.41, 5.74) is 3.13. The average molecular weight is 253 g/mol. The number of carbonyl (C=O) groups excluding carboxylic acids is 1. The second kappa shape index (κ2) is 4.84. The Balaban J connectivity index is 2.08. The van der Waals surface area contributed by atoms with E-state index in [-0.39, 0.29) is 5.78 Å². The van der Waals surface area contributed by atoms with E-state index in [1.54, 1.807) is 6.20 Å². The van der Waals surface area contributed by atoms with Crippen LogP contribution < -0.4 is 4.74 Å². The maximum atomic E-state index is 12.6. The van der Waals surface area contributed by atoms with Crippen LogP contribution in [0.2, 0.25) is 0 Å². The molecular weight excluding hydrogens is 238 g/mol. The van der Waals surface area contributed by atoms with Crippen molar-refractivity contribution in [2.75, 3.05) is 6.61 Å². The molecule has 3 rings (SSSR count). The van der Waals surface area contributed by atoms with Gasteiger partial charge in [-0.25, -0.2) is 0 Å². The van der Waals surface area contributed by atoms with Crippen LogP contribution in [0.5, 0.6) is 5.75 Å². The Hall–Kier alpha value is -2.16. The van der Waals surface area contributed by atoms with Crippen LogP contribution in [0.4, 0.5) is 0 Å². The highest BCUT2D eigenvalue weighted by atomic mass is 16.5. The van der Waals surface area contributed by atoms with Crippen molar-refractivity contribution in [1.82, 2.24) is 4.98 Å². The molecule has 0 N–H and O–H groups in total. The highest BCUT2D eigenvalue weighted by molar-refractivity contribution is 6.10. The van der Waals surface area contributed by atoms with Gasteiger partial charge in [0.05, 0.1) is 12.2 Å². The zero-order valence-corrected chi connectivity index (χ0v) is 10.8. The molecule has 3 nitrogen and oxygen atoms in total. The molecule has 2 heterocycles. The predicted molar refractivity (Wildman–Crippen MR) is 72.7 cm³/mol. The molecule has 1 aliphatic heterocycles. The first kappa shape index (κ1) is 11.9. The third-order valence-electron chi connectivity index (χ3n) is 3.40. The molecule has 1 aromatic heterocycles. The van der Waals surface area contributed by atoms with E-state index in [1.165, 1.54) is 0 Å². The quantitative estimate of drug-likeness (QED) is 0.772. The molecule has 0 atom stereocenters. The number of rotatable bonds is 2. The number of hydrogen-bond acceptors (Lipinski definition) is 3. The van der Waals surface area contributed by atoms with Gasteiger partial charge in [-0.15, -0.1) is 0 Å². The third-order valence-corrected chi connectivity index (χ3v) is 3.40. The minimum atomic E-state index is -0.0585. The number of aryl methyl sites for hydroxylation is 2. The van der Waals surface area contributed by atoms with Gasteiger partial charge in [0.15, 0.2) is 0 Å². The van der Waals surface area contributed by atoms with Gasteiger partial charge in [0.2, 0.25) is 5.78 Å². The van der Waals surface area contributed by atoms with Gasteiger partial charge in [-0.2, -0.15) is 0 Å². The van der Waals surface area contributed by atoms with Gasteiger partial charge in [0.25, 0.3) is 0 Å². The van der Waals surface area contributed by atoms with E-state index in [2.05, 4.69) is 4.98 Å². The van der Waals surface area contributed by atoms with Crippen LogP contribution in [0.15, 0.2) is 36.5 Å². The van der Waals surface area contributed by atoms with Crippen molar-refractivity contribution in [2.24, 2.45) is 0 Å². The lowest BCUT2D eigenvalue weighted by Crippen LogP contribution is -2.14. The summed E-state index contributed by atoms with van der Waals surface area (Å²) in [6.07, 6.45) is 3.63. The van der Waals surface area contributed by atoms with Crippen molar-refractivity contribution in [2.45, 2.75) is 19.8 Å². The monoisotopic (exact) mass is 253 g/mol. The molecule has 96 valence electrons. The fraction of sp³-hybridized carbons (Fsp3) is 0.250. The molecule has 19 heavy (non-hydrogen) atoms. The summed E-state index contributed by atoms with van der Waals surface area (Å²) in [4.78, 5) is 16.8. The molecule has 2 aromatic rings. The summed E-state index contributed by atoms with van der Waals surface area (Å²) in [5.74, 6) is 0.681. The van der Waals surface area contributed by atoms with Gasteiger partial charge in [0, 0.05) is 6.20 Å². The first-order valence-electron chi connectivity index (χ1n) is 6.48. The normalized spacial score (nSPS) is 13.5. The van der Waals surface area contributed by atoms with E-state index in [0.29, 0.717) is 17.9 Å². The fourth-order valence-electron chi connectivity index (χ4n) is 2.42. The van der Waals surface area contributed by atoms with Gasteiger partial charge in [-0.05, 0) is 43.0 Å². The van der Waals surface area contributed by atoms with Crippen molar-refractivity contribution in [3.8, 4) is 5.75 Å². The number of carbonyl (C=O) groups is 1. The van der Waals surface area contributed by atoms with Crippen LogP contribution in [0.1, 0.15) is 33.6 Å². The summed E-state index contributed by atoms with van der Waals surface area (Å²) in [6.45, 7) is 2.58. The maximum absolute atomic E-state index is 12.6. The number of nitrogens with zero attached hydrogens (tertiary/aromatic N) is 1. The van der Waals surface area contributed by atoms with Crippen molar-refractivity contribution in [3.63, 3.8) is 0 Å². The standard InChI is InChI=1S/C16H15NO2/c1-11-5-3-9-17-14(11)15(18)13-8-2-6-12-7-4-10-19-16(12)13/h2-3,5-6,8-9H,4,7,10H2,1H3. The Labute approximate surface area is 112 Å². The summed E-state index contributed by atoms with van der Waals surface area (Å²) in [5, 5.41) is 0. The number of para-hydroxylation sites is 1. The first-order chi connectivity index (χ1) is 9.27. The predicted octanol–water partition coefficient (Wildman–Crippen LogP) is 2.95. The first-order valence-corrected chi connectivity index (χ1v) is 6.48. The number of pyridine rings is 1. The van der Waals surface area contributed by atoms with Crippen LogP contribution in [-0.4, -0.2) is 17.4 Å². The second-order valence-corrected chi connectivity index (χ2v) is 4.74. The van der Waals surface area contributed by atoms with Crippen LogP contribution in [0.25, 0.3) is 0 Å². The number of hydrogen-bond donors (Lipinski definition) is 0. The molecule has 0 amide bonds. The summed E-state index contributed by atoms with van der Waals surface area (Å²) in [7, 11) is 0. The van der Waals surface area contributed by atoms with E-state index in [4.69, 9.17) is 4.74 Å². The number of fused-ring (bicyclic) bond motifs is 1. The lowest BCUT2D eigenvalue weighted by atomic mass is 9.97. The molecule has 0 saturated heterocycles. The molecule has 0 saturated carbocycles. The van der Waals surface area contributed by atoms with E-state index in [9.17, 15) is 4.79 Å². The fourth-order valence-corrected chi connectivity index (χ4v) is 2.42. The smallest absolute Gasteiger partial charge is 0.215 e. The van der Waals surface area contributed by atoms with E-state index < -0.39 is 0 Å². The molecule has 1 aromatic carbocycles. The zero-order chi connectivity index (χ0) is 13.2. The molecule has 0 bridgehead atoms. The van der Waals surface area contributed by atoms with Crippen LogP contribution in [0.3, 0.4) is 0 Å². The number of ketones is 1. The molecule has 0 aliphatic carbocycles. The summed E-state index contributed by atoms with van der Waals surface area (Å²) in [6, 6.07) is 9.50. The van der Waals surface area contributed by atoms with Crippen molar-refractivity contribution in [1.29, 1.82) is 0 Å². The molecule has 0 unspecified atom stereocenters. The summed E-state index contributed by atoms with van der Waals surface area (Å²) < 4.78 is 5.69. The topological polar surface area (TPSA) is 39.2 Å². The van der Waals surface area contributed by atoms with E-state index in [0.717, 1.165) is 29.7 Å². The minimum Gasteiger partial charge on any atom is -0.493 e. The molecule has 0 radical (unpaired) electrons. The van der Waals surface area contributed by atoms with Crippen LogP contribution >= 0.6 is 0 Å². The number of benzene rings is 1. The number of ether oxygens (including phenoxy) is 1. The maximum Gasteiger partial charge on any atom is 0.215 e. The lowest BCUT2D eigenvalue weighted by molar-refractivity contribution is 0.102. The molecule has 1 aliphatic rings. The highest BCUT2D eigenvalue weighted by Gasteiger charge is 2.21. The Morgan fingerprint density at radius 1 is 1.26 bits per heavy atom. The molecular formula is C16H15NO2. The van der Waals surface area contributed by atoms with Crippen LogP contribution in [0, 0.1) is 6.92 Å². The number of aromatic nitrogens is 1. The largest absolute Gasteiger partial charge is 0.493 e. The zero-order valence-electron chi connectivity index (χ0n) is 10.8. The van der Waals surface area contributed by atoms with E-state index >= 15 is 0 Å². The Morgan fingerprint density at radius 2 is 2.16 bits per heavy atom. The average Bonchev–Trinajstić information content (AvgIpc) is 2.46. The van der Waals surface area contributed by atoms with Gasteiger partial charge in [0.1, 0.15) is 11.4 Å². The van der Waals surface area contributed by atoms with Gasteiger partial charge < -0.3 is 4.74 Å². The van der Waals surface area contributed by atoms with Gasteiger partial charge >= 0.3 is 0 Å². The van der Waals surface area contributed by atoms with Crippen molar-refractivity contribution in [3.05, 3.63) is 58.9 Å². The van der Waals surface area contributed by atoms with Crippen LogP contribution in [-0.2, 0) is 6.42 Å². The summed E-state index contributed by atoms with van der Waals surface area (Å²) >= 11 is 0. The molecule has 3 heteroatoms. The van der Waals surface area contributed by atoms with Gasteiger partial charge in [-0.1, -0.05) is 18.2 Å². The van der Waals surface area contributed by atoms with Gasteiger partial charge in [-0.3, -0.25) is 9.78 Å². The Bertz CT molecular complexity index is 634. The van der Waals surface area contributed by atoms with E-state index in [1.807, 2.05) is 37.3 Å². The molecule has 0 fully saturated rings. The third kappa shape index (κ3) is 2.12. The Morgan fingerprint density at radius 3 is 3.00 bits per heavy atom. The van der Waals surface area contributed by atoms with Crippen molar-refractivity contribution < 1.29 is 9.53 Å². The second-order valence-electron chi connectivity index (χ2n) is 4.74.